The van der Waals surface area contributed by atoms with Gasteiger partial charge in [-0.15, -0.1) is 0 Å². The van der Waals surface area contributed by atoms with E-state index in [-0.39, 0.29) is 0 Å². The molecular weight excluding hydrogens is 312 g/mol. The molecule has 0 spiro atoms. The van der Waals surface area contributed by atoms with Crippen molar-refractivity contribution in [3.63, 3.8) is 0 Å². The van der Waals surface area contributed by atoms with Gasteiger partial charge in [0.1, 0.15) is 0 Å². The van der Waals surface area contributed by atoms with Crippen LogP contribution < -0.4 is 10.2 Å². The third kappa shape index (κ3) is 3.20. The molecule has 0 amide bonds. The lowest BCUT2D eigenvalue weighted by Gasteiger charge is -2.42. The van der Waals surface area contributed by atoms with Crippen LogP contribution in [0.15, 0.2) is 16.6 Å². The Hall–Kier alpha value is -0.540. The van der Waals surface area contributed by atoms with E-state index < -0.39 is 0 Å². The first kappa shape index (κ1) is 15.8. The minimum atomic E-state index is 0.551. The van der Waals surface area contributed by atoms with Gasteiger partial charge in [0.15, 0.2) is 0 Å². The van der Waals surface area contributed by atoms with E-state index in [0.29, 0.717) is 12.1 Å². The fraction of sp³-hybridized carbons (Fsp3) is 0.647. The summed E-state index contributed by atoms with van der Waals surface area (Å²) in [5.41, 5.74) is 4.02. The van der Waals surface area contributed by atoms with E-state index in [1.807, 2.05) is 0 Å². The van der Waals surface area contributed by atoms with Gasteiger partial charge in [-0.25, -0.2) is 0 Å². The van der Waals surface area contributed by atoms with E-state index in [1.54, 1.807) is 0 Å². The van der Waals surface area contributed by atoms with E-state index in [4.69, 9.17) is 0 Å². The fourth-order valence-corrected chi connectivity index (χ4v) is 3.23. The number of nitrogens with zero attached hydrogens (tertiary/aromatic N) is 1. The highest BCUT2D eigenvalue weighted by atomic mass is 79.9. The van der Waals surface area contributed by atoms with Gasteiger partial charge < -0.3 is 10.2 Å². The number of rotatable bonds is 3. The average Bonchev–Trinajstić information content (AvgIpc) is 2.44. The van der Waals surface area contributed by atoms with Crippen molar-refractivity contribution in [3.05, 3.63) is 27.7 Å². The van der Waals surface area contributed by atoms with Gasteiger partial charge >= 0.3 is 0 Å². The smallest absolute Gasteiger partial charge is 0.0387 e. The zero-order valence-electron chi connectivity index (χ0n) is 13.3. The largest absolute Gasteiger partial charge is 0.366 e. The summed E-state index contributed by atoms with van der Waals surface area (Å²) in [7, 11) is 0. The van der Waals surface area contributed by atoms with Crippen molar-refractivity contribution in [2.75, 3.05) is 18.0 Å². The van der Waals surface area contributed by atoms with Gasteiger partial charge in [0.05, 0.1) is 0 Å². The average molecular weight is 339 g/mol. The molecule has 3 heteroatoms. The van der Waals surface area contributed by atoms with Crippen LogP contribution in [0.5, 0.6) is 0 Å². The summed E-state index contributed by atoms with van der Waals surface area (Å²) in [6, 6.07) is 5.77. The molecule has 20 heavy (non-hydrogen) atoms. The van der Waals surface area contributed by atoms with Crippen molar-refractivity contribution in [2.24, 2.45) is 5.92 Å². The van der Waals surface area contributed by atoms with Gasteiger partial charge in [-0.05, 0) is 49.9 Å². The second kappa shape index (κ2) is 6.48. The molecule has 1 N–H and O–H groups in total. The topological polar surface area (TPSA) is 15.3 Å². The van der Waals surface area contributed by atoms with E-state index in [0.717, 1.165) is 19.0 Å². The molecule has 0 radical (unpaired) electrons. The van der Waals surface area contributed by atoms with Crippen molar-refractivity contribution in [2.45, 2.75) is 53.1 Å². The third-order valence-electron chi connectivity index (χ3n) is 4.68. The van der Waals surface area contributed by atoms with Crippen molar-refractivity contribution in [1.29, 1.82) is 0 Å². The maximum absolute atomic E-state index is 3.71. The molecule has 0 bridgehead atoms. The number of benzene rings is 1. The molecule has 1 aromatic rings. The van der Waals surface area contributed by atoms with Crippen LogP contribution in [0.2, 0.25) is 0 Å². The summed E-state index contributed by atoms with van der Waals surface area (Å²) >= 11 is 3.67. The van der Waals surface area contributed by atoms with Crippen LogP contribution in [-0.4, -0.2) is 25.2 Å². The summed E-state index contributed by atoms with van der Waals surface area (Å²) in [6.07, 6.45) is 1.23. The molecule has 1 aromatic carbocycles. The number of hydrogen-bond donors (Lipinski definition) is 1. The second-order valence-electron chi connectivity index (χ2n) is 6.30. The molecule has 2 rings (SSSR count). The lowest BCUT2D eigenvalue weighted by molar-refractivity contribution is 0.316. The van der Waals surface area contributed by atoms with Gasteiger partial charge in [0, 0.05) is 35.3 Å². The fourth-order valence-electron chi connectivity index (χ4n) is 3.00. The number of nitrogens with one attached hydrogen (secondary N) is 1. The minimum Gasteiger partial charge on any atom is -0.366 e. The molecule has 0 aromatic heterocycles. The van der Waals surface area contributed by atoms with Gasteiger partial charge in [-0.3, -0.25) is 0 Å². The van der Waals surface area contributed by atoms with E-state index in [2.05, 4.69) is 72.9 Å². The van der Waals surface area contributed by atoms with E-state index in [1.165, 1.54) is 27.7 Å². The summed E-state index contributed by atoms with van der Waals surface area (Å²) in [5, 5.41) is 3.71. The molecule has 0 saturated carbocycles. The molecule has 1 aliphatic heterocycles. The number of aryl methyl sites for hydroxylation is 2. The van der Waals surface area contributed by atoms with Gasteiger partial charge in [-0.2, -0.15) is 0 Å². The van der Waals surface area contributed by atoms with Gasteiger partial charge in [0.2, 0.25) is 0 Å². The zero-order valence-corrected chi connectivity index (χ0v) is 14.9. The SMILES string of the molecule is CCC(C)C1CN(c2cc(C)c(Br)c(C)c2)C(C)CN1. The van der Waals surface area contributed by atoms with Crippen LogP contribution in [0, 0.1) is 19.8 Å². The Kier molecular flexibility index (Phi) is 5.14. The second-order valence-corrected chi connectivity index (χ2v) is 7.09. The standard InChI is InChI=1S/C17H27BrN2/c1-6-11(2)16-10-20(14(5)9-19-16)15-7-12(3)17(18)13(4)8-15/h7-8,11,14,16,19H,6,9-10H2,1-5H3. The number of piperazine rings is 1. The monoisotopic (exact) mass is 338 g/mol. The molecule has 0 aliphatic carbocycles. The first-order valence-corrected chi connectivity index (χ1v) is 8.50. The van der Waals surface area contributed by atoms with E-state index >= 15 is 0 Å². The molecular formula is C17H27BrN2. The van der Waals surface area contributed by atoms with Crippen LogP contribution in [0.3, 0.4) is 0 Å². The van der Waals surface area contributed by atoms with Crippen molar-refractivity contribution in [3.8, 4) is 0 Å². The summed E-state index contributed by atoms with van der Waals surface area (Å²) in [4.78, 5) is 2.57. The molecule has 1 heterocycles. The molecule has 3 atom stereocenters. The van der Waals surface area contributed by atoms with Crippen LogP contribution in [-0.2, 0) is 0 Å². The molecule has 1 aliphatic rings. The predicted molar refractivity (Wildman–Crippen MR) is 91.7 cm³/mol. The first-order chi connectivity index (χ1) is 9.43. The summed E-state index contributed by atoms with van der Waals surface area (Å²) in [6.45, 7) is 13.5. The molecule has 1 fully saturated rings. The zero-order chi connectivity index (χ0) is 14.9. The van der Waals surface area contributed by atoms with E-state index in [9.17, 15) is 0 Å². The summed E-state index contributed by atoms with van der Waals surface area (Å²) < 4.78 is 1.24. The first-order valence-electron chi connectivity index (χ1n) is 7.70. The Morgan fingerprint density at radius 1 is 1.35 bits per heavy atom. The lowest BCUT2D eigenvalue weighted by atomic mass is 9.95. The number of anilines is 1. The Morgan fingerprint density at radius 2 is 1.95 bits per heavy atom. The van der Waals surface area contributed by atoms with Crippen LogP contribution >= 0.6 is 15.9 Å². The van der Waals surface area contributed by atoms with Crippen LogP contribution in [0.1, 0.15) is 38.3 Å². The minimum absolute atomic E-state index is 0.551. The van der Waals surface area contributed by atoms with Gasteiger partial charge in [0.25, 0.3) is 0 Å². The molecule has 1 saturated heterocycles. The molecule has 2 nitrogen and oxygen atoms in total. The van der Waals surface area contributed by atoms with Crippen molar-refractivity contribution in [1.82, 2.24) is 5.32 Å². The Morgan fingerprint density at radius 3 is 2.50 bits per heavy atom. The Bertz CT molecular complexity index is 449. The quantitative estimate of drug-likeness (QED) is 0.884. The van der Waals surface area contributed by atoms with Crippen LogP contribution in [0.25, 0.3) is 0 Å². The van der Waals surface area contributed by atoms with Crippen molar-refractivity contribution >= 4 is 21.6 Å². The molecule has 112 valence electrons. The highest BCUT2D eigenvalue weighted by Crippen LogP contribution is 2.29. The predicted octanol–water partition coefficient (Wildman–Crippen LogP) is 4.28. The number of hydrogen-bond acceptors (Lipinski definition) is 2. The normalized spacial score (nSPS) is 24.8. The van der Waals surface area contributed by atoms with Gasteiger partial charge in [-0.1, -0.05) is 36.2 Å². The summed E-state index contributed by atoms with van der Waals surface area (Å²) in [5.74, 6) is 0.725. The highest BCUT2D eigenvalue weighted by Gasteiger charge is 2.28. The highest BCUT2D eigenvalue weighted by molar-refractivity contribution is 9.10. The maximum Gasteiger partial charge on any atom is 0.0387 e. The Balaban J connectivity index is 2.25. The maximum atomic E-state index is 3.71. The lowest BCUT2D eigenvalue weighted by Crippen LogP contribution is -2.57. The molecule has 3 unspecified atom stereocenters. The number of halogens is 1. The van der Waals surface area contributed by atoms with Crippen LogP contribution in [0.4, 0.5) is 5.69 Å². The van der Waals surface area contributed by atoms with Crippen molar-refractivity contribution < 1.29 is 0 Å². The third-order valence-corrected chi connectivity index (χ3v) is 5.94. The Labute approximate surface area is 132 Å².